The Kier molecular flexibility index (Phi) is 3.23. The highest BCUT2D eigenvalue weighted by Gasteiger charge is 2.06. The largest absolute Gasteiger partial charge is 0.436 e. The fourth-order valence-electron chi connectivity index (χ4n) is 1.40. The van der Waals surface area contributed by atoms with Crippen LogP contribution in [-0.4, -0.2) is 10.8 Å². The standard InChI is InChI=1S/C13H12FN3O/c1-8-2-4-10(14)11(6-8)18-12-5-3-9(7-17-12)13(15)16/h2-7H,1H3,(H3,15,16). The van der Waals surface area contributed by atoms with Gasteiger partial charge in [0.25, 0.3) is 0 Å². The second-order valence-electron chi connectivity index (χ2n) is 3.83. The van der Waals surface area contributed by atoms with E-state index in [1.165, 1.54) is 12.3 Å². The van der Waals surface area contributed by atoms with Gasteiger partial charge in [-0.05, 0) is 30.7 Å². The average Bonchev–Trinajstić information content (AvgIpc) is 2.34. The molecule has 0 aliphatic carbocycles. The van der Waals surface area contributed by atoms with Gasteiger partial charge in [0.1, 0.15) is 5.84 Å². The summed E-state index contributed by atoms with van der Waals surface area (Å²) in [6, 6.07) is 7.73. The molecule has 2 rings (SSSR count). The lowest BCUT2D eigenvalue weighted by molar-refractivity contribution is 0.427. The summed E-state index contributed by atoms with van der Waals surface area (Å²) in [4.78, 5) is 3.96. The van der Waals surface area contributed by atoms with E-state index in [-0.39, 0.29) is 17.5 Å². The zero-order valence-corrected chi connectivity index (χ0v) is 9.77. The number of benzene rings is 1. The molecule has 1 aromatic heterocycles. The molecule has 0 spiro atoms. The van der Waals surface area contributed by atoms with Crippen molar-refractivity contribution in [3.8, 4) is 11.6 Å². The minimum atomic E-state index is -0.446. The lowest BCUT2D eigenvalue weighted by Crippen LogP contribution is -2.11. The van der Waals surface area contributed by atoms with Crippen LogP contribution in [0.5, 0.6) is 11.6 Å². The highest BCUT2D eigenvalue weighted by molar-refractivity contribution is 5.94. The van der Waals surface area contributed by atoms with Crippen molar-refractivity contribution >= 4 is 5.84 Å². The van der Waals surface area contributed by atoms with Crippen molar-refractivity contribution in [1.29, 1.82) is 5.41 Å². The molecule has 0 radical (unpaired) electrons. The maximum Gasteiger partial charge on any atom is 0.219 e. The van der Waals surface area contributed by atoms with E-state index in [0.717, 1.165) is 5.56 Å². The SMILES string of the molecule is Cc1ccc(F)c(Oc2ccc(C(=N)N)cn2)c1. The summed E-state index contributed by atoms with van der Waals surface area (Å²) in [7, 11) is 0. The van der Waals surface area contributed by atoms with Crippen molar-refractivity contribution in [2.24, 2.45) is 5.73 Å². The lowest BCUT2D eigenvalue weighted by atomic mass is 10.2. The average molecular weight is 245 g/mol. The molecule has 0 atom stereocenters. The summed E-state index contributed by atoms with van der Waals surface area (Å²) in [5.41, 5.74) is 6.69. The maximum atomic E-state index is 13.5. The number of pyridine rings is 1. The monoisotopic (exact) mass is 245 g/mol. The van der Waals surface area contributed by atoms with E-state index in [1.807, 2.05) is 6.92 Å². The van der Waals surface area contributed by atoms with Crippen LogP contribution in [0, 0.1) is 18.2 Å². The summed E-state index contributed by atoms with van der Waals surface area (Å²) < 4.78 is 18.8. The van der Waals surface area contributed by atoms with Gasteiger partial charge in [-0.2, -0.15) is 0 Å². The normalized spacial score (nSPS) is 10.1. The Balaban J connectivity index is 2.23. The number of amidine groups is 1. The van der Waals surface area contributed by atoms with Crippen LogP contribution in [0.4, 0.5) is 4.39 Å². The molecule has 0 saturated heterocycles. The van der Waals surface area contributed by atoms with E-state index in [4.69, 9.17) is 15.9 Å². The minimum absolute atomic E-state index is 0.0733. The summed E-state index contributed by atoms with van der Waals surface area (Å²) in [6.07, 6.45) is 1.41. The molecule has 5 heteroatoms. The second kappa shape index (κ2) is 4.83. The van der Waals surface area contributed by atoms with Crippen LogP contribution in [0.2, 0.25) is 0 Å². The lowest BCUT2D eigenvalue weighted by Gasteiger charge is -2.07. The Morgan fingerprint density at radius 3 is 2.72 bits per heavy atom. The van der Waals surface area contributed by atoms with Gasteiger partial charge in [0.05, 0.1) is 0 Å². The first kappa shape index (κ1) is 12.0. The molecular weight excluding hydrogens is 233 g/mol. The number of hydrogen-bond donors (Lipinski definition) is 2. The third-order valence-corrected chi connectivity index (χ3v) is 2.35. The van der Waals surface area contributed by atoms with Gasteiger partial charge in [-0.15, -0.1) is 0 Å². The Bertz CT molecular complexity index is 581. The highest BCUT2D eigenvalue weighted by atomic mass is 19.1. The molecule has 1 aromatic carbocycles. The van der Waals surface area contributed by atoms with Gasteiger partial charge in [0.15, 0.2) is 11.6 Å². The van der Waals surface area contributed by atoms with Crippen molar-refractivity contribution in [2.75, 3.05) is 0 Å². The highest BCUT2D eigenvalue weighted by Crippen LogP contribution is 2.23. The summed E-state index contributed by atoms with van der Waals surface area (Å²) >= 11 is 0. The number of nitrogen functional groups attached to an aromatic ring is 1. The number of ether oxygens (including phenoxy) is 1. The van der Waals surface area contributed by atoms with Gasteiger partial charge in [-0.3, -0.25) is 5.41 Å². The van der Waals surface area contributed by atoms with Gasteiger partial charge in [0.2, 0.25) is 5.88 Å². The summed E-state index contributed by atoms with van der Waals surface area (Å²) in [6.45, 7) is 1.85. The molecule has 0 amide bonds. The van der Waals surface area contributed by atoms with Crippen LogP contribution in [0.1, 0.15) is 11.1 Å². The van der Waals surface area contributed by atoms with Crippen molar-refractivity contribution in [3.63, 3.8) is 0 Å². The topological polar surface area (TPSA) is 72.0 Å². The zero-order valence-electron chi connectivity index (χ0n) is 9.77. The molecule has 0 aliphatic rings. The number of hydrogen-bond acceptors (Lipinski definition) is 3. The third kappa shape index (κ3) is 2.63. The zero-order chi connectivity index (χ0) is 13.1. The van der Waals surface area contributed by atoms with Gasteiger partial charge in [0, 0.05) is 17.8 Å². The molecule has 0 unspecified atom stereocenters. The van der Waals surface area contributed by atoms with Crippen LogP contribution >= 0.6 is 0 Å². The molecule has 0 aliphatic heterocycles. The first-order chi connectivity index (χ1) is 8.56. The Morgan fingerprint density at radius 2 is 2.11 bits per heavy atom. The first-order valence-electron chi connectivity index (χ1n) is 5.31. The molecule has 92 valence electrons. The predicted molar refractivity (Wildman–Crippen MR) is 66.5 cm³/mol. The van der Waals surface area contributed by atoms with Crippen LogP contribution in [0.3, 0.4) is 0 Å². The Hall–Kier alpha value is -2.43. The Labute approximate surface area is 104 Å². The number of nitrogens with two attached hydrogens (primary N) is 1. The van der Waals surface area contributed by atoms with Crippen molar-refractivity contribution in [1.82, 2.24) is 4.98 Å². The molecular formula is C13H12FN3O. The van der Waals surface area contributed by atoms with Crippen LogP contribution in [0.25, 0.3) is 0 Å². The fraction of sp³-hybridized carbons (Fsp3) is 0.0769. The van der Waals surface area contributed by atoms with E-state index >= 15 is 0 Å². The van der Waals surface area contributed by atoms with Gasteiger partial charge in [-0.1, -0.05) is 6.07 Å². The first-order valence-corrected chi connectivity index (χ1v) is 5.31. The summed E-state index contributed by atoms with van der Waals surface area (Å²) in [5.74, 6) is -0.142. The number of aromatic nitrogens is 1. The van der Waals surface area contributed by atoms with Crippen molar-refractivity contribution in [2.45, 2.75) is 6.92 Å². The van der Waals surface area contributed by atoms with Crippen molar-refractivity contribution < 1.29 is 9.13 Å². The van der Waals surface area contributed by atoms with Gasteiger partial charge >= 0.3 is 0 Å². The third-order valence-electron chi connectivity index (χ3n) is 2.35. The molecule has 0 bridgehead atoms. The van der Waals surface area contributed by atoms with Crippen LogP contribution in [-0.2, 0) is 0 Å². The number of rotatable bonds is 3. The fourth-order valence-corrected chi connectivity index (χ4v) is 1.40. The van der Waals surface area contributed by atoms with Gasteiger partial charge < -0.3 is 10.5 Å². The van der Waals surface area contributed by atoms with E-state index in [0.29, 0.717) is 5.56 Å². The second-order valence-corrected chi connectivity index (χ2v) is 3.83. The Morgan fingerprint density at radius 1 is 1.33 bits per heavy atom. The number of aryl methyl sites for hydroxylation is 1. The van der Waals surface area contributed by atoms with Crippen LogP contribution < -0.4 is 10.5 Å². The number of nitrogens with zero attached hydrogens (tertiary/aromatic N) is 1. The van der Waals surface area contributed by atoms with E-state index < -0.39 is 5.82 Å². The maximum absolute atomic E-state index is 13.5. The van der Waals surface area contributed by atoms with Crippen molar-refractivity contribution in [3.05, 3.63) is 53.5 Å². The molecule has 2 aromatic rings. The van der Waals surface area contributed by atoms with E-state index in [9.17, 15) is 4.39 Å². The molecule has 4 nitrogen and oxygen atoms in total. The molecule has 18 heavy (non-hydrogen) atoms. The van der Waals surface area contributed by atoms with E-state index in [2.05, 4.69) is 4.98 Å². The number of halogens is 1. The van der Waals surface area contributed by atoms with Crippen LogP contribution in [0.15, 0.2) is 36.5 Å². The predicted octanol–water partition coefficient (Wildman–Crippen LogP) is 2.61. The molecule has 0 fully saturated rings. The van der Waals surface area contributed by atoms with Gasteiger partial charge in [-0.25, -0.2) is 9.37 Å². The minimum Gasteiger partial charge on any atom is -0.436 e. The smallest absolute Gasteiger partial charge is 0.219 e. The molecule has 0 saturated carbocycles. The quantitative estimate of drug-likeness (QED) is 0.645. The number of nitrogens with one attached hydrogen (secondary N) is 1. The molecule has 1 heterocycles. The summed E-state index contributed by atoms with van der Waals surface area (Å²) in [5, 5.41) is 7.23. The molecule has 3 N–H and O–H groups in total. The van der Waals surface area contributed by atoms with E-state index in [1.54, 1.807) is 24.3 Å².